The molecule has 0 aromatic heterocycles. The fourth-order valence-corrected chi connectivity index (χ4v) is 2.80. The highest BCUT2D eigenvalue weighted by Gasteiger charge is 2.39. The van der Waals surface area contributed by atoms with Gasteiger partial charge in [0.25, 0.3) is 0 Å². The number of hydrogen-bond acceptors (Lipinski definition) is 3. The highest BCUT2D eigenvalue weighted by atomic mass is 16.3. The SMILES string of the molecule is CCN(CC(C)(C)O)C(=O)C1CC(=O)N(CC2CC2)C1. The van der Waals surface area contributed by atoms with Crippen molar-refractivity contribution in [2.75, 3.05) is 26.2 Å². The quantitative estimate of drug-likeness (QED) is 0.786. The van der Waals surface area contributed by atoms with Gasteiger partial charge in [0.2, 0.25) is 11.8 Å². The summed E-state index contributed by atoms with van der Waals surface area (Å²) < 4.78 is 0. The summed E-state index contributed by atoms with van der Waals surface area (Å²) >= 11 is 0. The number of likely N-dealkylation sites (tertiary alicyclic amines) is 1. The lowest BCUT2D eigenvalue weighted by atomic mass is 10.0. The summed E-state index contributed by atoms with van der Waals surface area (Å²) in [5.41, 5.74) is -0.901. The van der Waals surface area contributed by atoms with Crippen molar-refractivity contribution in [3.05, 3.63) is 0 Å². The Morgan fingerprint density at radius 2 is 2.10 bits per heavy atom. The number of nitrogens with zero attached hydrogens (tertiary/aromatic N) is 2. The molecule has 1 unspecified atom stereocenters. The van der Waals surface area contributed by atoms with Gasteiger partial charge in [0.15, 0.2) is 0 Å². The van der Waals surface area contributed by atoms with Gasteiger partial charge in [0.05, 0.1) is 11.5 Å². The molecule has 0 radical (unpaired) electrons. The van der Waals surface area contributed by atoms with E-state index in [2.05, 4.69) is 0 Å². The third-order valence-electron chi connectivity index (χ3n) is 4.01. The Morgan fingerprint density at radius 3 is 2.60 bits per heavy atom. The molecule has 1 N–H and O–H groups in total. The molecule has 114 valence electrons. The number of carbonyl (C=O) groups is 2. The van der Waals surface area contributed by atoms with Crippen LogP contribution in [0, 0.1) is 11.8 Å². The van der Waals surface area contributed by atoms with Crippen LogP contribution in [0.4, 0.5) is 0 Å². The van der Waals surface area contributed by atoms with Gasteiger partial charge in [-0.15, -0.1) is 0 Å². The fourth-order valence-electron chi connectivity index (χ4n) is 2.80. The molecule has 5 heteroatoms. The second kappa shape index (κ2) is 5.72. The van der Waals surface area contributed by atoms with Crippen LogP contribution in [0.15, 0.2) is 0 Å². The van der Waals surface area contributed by atoms with Crippen molar-refractivity contribution in [3.63, 3.8) is 0 Å². The predicted molar refractivity (Wildman–Crippen MR) is 76.0 cm³/mol. The molecule has 2 rings (SSSR count). The lowest BCUT2D eigenvalue weighted by Gasteiger charge is -2.30. The van der Waals surface area contributed by atoms with Crippen LogP contribution in [0.2, 0.25) is 0 Å². The number of hydrogen-bond donors (Lipinski definition) is 1. The van der Waals surface area contributed by atoms with Crippen LogP contribution >= 0.6 is 0 Å². The lowest BCUT2D eigenvalue weighted by Crippen LogP contribution is -2.45. The maximum Gasteiger partial charge on any atom is 0.228 e. The van der Waals surface area contributed by atoms with E-state index in [9.17, 15) is 14.7 Å². The van der Waals surface area contributed by atoms with Crippen molar-refractivity contribution in [2.45, 2.75) is 45.6 Å². The molecule has 2 aliphatic rings. The average Bonchev–Trinajstić information content (AvgIpc) is 3.08. The monoisotopic (exact) mass is 282 g/mol. The predicted octanol–water partition coefficient (Wildman–Crippen LogP) is 0.864. The Labute approximate surface area is 120 Å². The maximum atomic E-state index is 12.5. The van der Waals surface area contributed by atoms with Crippen molar-refractivity contribution in [1.82, 2.24) is 9.80 Å². The van der Waals surface area contributed by atoms with Crippen molar-refractivity contribution >= 4 is 11.8 Å². The summed E-state index contributed by atoms with van der Waals surface area (Å²) in [6.45, 7) is 7.55. The van der Waals surface area contributed by atoms with E-state index < -0.39 is 5.60 Å². The first kappa shape index (κ1) is 15.3. The van der Waals surface area contributed by atoms with E-state index in [4.69, 9.17) is 0 Å². The first-order valence-corrected chi connectivity index (χ1v) is 7.59. The Hall–Kier alpha value is -1.10. The zero-order valence-corrected chi connectivity index (χ0v) is 12.8. The number of aliphatic hydroxyl groups is 1. The van der Waals surface area contributed by atoms with Crippen LogP contribution in [0.5, 0.6) is 0 Å². The first-order valence-electron chi connectivity index (χ1n) is 7.59. The normalized spacial score (nSPS) is 23.3. The minimum Gasteiger partial charge on any atom is -0.389 e. The molecular formula is C15H26N2O3. The van der Waals surface area contributed by atoms with E-state index in [0.717, 1.165) is 6.54 Å². The number of amides is 2. The summed E-state index contributed by atoms with van der Waals surface area (Å²) in [6, 6.07) is 0. The average molecular weight is 282 g/mol. The van der Waals surface area contributed by atoms with Crippen LogP contribution in [-0.4, -0.2) is 58.5 Å². The van der Waals surface area contributed by atoms with Gasteiger partial charge >= 0.3 is 0 Å². The minimum absolute atomic E-state index is 0.00118. The Balaban J connectivity index is 1.92. The van der Waals surface area contributed by atoms with Gasteiger partial charge in [-0.3, -0.25) is 9.59 Å². The van der Waals surface area contributed by atoms with Gasteiger partial charge in [0.1, 0.15) is 0 Å². The molecule has 1 aliphatic heterocycles. The van der Waals surface area contributed by atoms with E-state index in [1.807, 2.05) is 11.8 Å². The van der Waals surface area contributed by atoms with Crippen molar-refractivity contribution < 1.29 is 14.7 Å². The van der Waals surface area contributed by atoms with Crippen molar-refractivity contribution in [2.24, 2.45) is 11.8 Å². The third-order valence-corrected chi connectivity index (χ3v) is 4.01. The van der Waals surface area contributed by atoms with E-state index in [1.54, 1.807) is 18.7 Å². The van der Waals surface area contributed by atoms with E-state index >= 15 is 0 Å². The molecule has 0 spiro atoms. The molecular weight excluding hydrogens is 256 g/mol. The van der Waals surface area contributed by atoms with Gasteiger partial charge in [-0.05, 0) is 39.5 Å². The van der Waals surface area contributed by atoms with E-state index in [0.29, 0.717) is 32.0 Å². The molecule has 1 saturated heterocycles. The molecule has 5 nitrogen and oxygen atoms in total. The molecule has 1 atom stereocenters. The van der Waals surface area contributed by atoms with Crippen LogP contribution in [-0.2, 0) is 9.59 Å². The lowest BCUT2D eigenvalue weighted by molar-refractivity contribution is -0.138. The Bertz CT molecular complexity index is 385. The van der Waals surface area contributed by atoms with Crippen molar-refractivity contribution in [1.29, 1.82) is 0 Å². The summed E-state index contributed by atoms with van der Waals surface area (Å²) in [5, 5.41) is 9.87. The molecule has 0 bridgehead atoms. The molecule has 1 saturated carbocycles. The molecule has 0 aromatic rings. The Kier molecular flexibility index (Phi) is 4.37. The summed E-state index contributed by atoms with van der Waals surface area (Å²) in [7, 11) is 0. The van der Waals surface area contributed by atoms with Crippen molar-refractivity contribution in [3.8, 4) is 0 Å². The largest absolute Gasteiger partial charge is 0.389 e. The molecule has 1 aliphatic carbocycles. The summed E-state index contributed by atoms with van der Waals surface area (Å²) in [5.74, 6) is 0.533. The van der Waals surface area contributed by atoms with E-state index in [-0.39, 0.29) is 17.7 Å². The molecule has 20 heavy (non-hydrogen) atoms. The molecule has 2 amide bonds. The number of likely N-dealkylation sites (N-methyl/N-ethyl adjacent to an activating group) is 1. The zero-order chi connectivity index (χ0) is 14.9. The van der Waals surface area contributed by atoms with Gasteiger partial charge in [-0.25, -0.2) is 0 Å². The minimum atomic E-state index is -0.901. The topological polar surface area (TPSA) is 60.9 Å². The third kappa shape index (κ3) is 3.95. The van der Waals surface area contributed by atoms with Crippen LogP contribution in [0.25, 0.3) is 0 Å². The Morgan fingerprint density at radius 1 is 1.45 bits per heavy atom. The second-order valence-corrected chi connectivity index (χ2v) is 6.81. The van der Waals surface area contributed by atoms with Gasteiger partial charge < -0.3 is 14.9 Å². The van der Waals surface area contributed by atoms with Gasteiger partial charge in [-0.1, -0.05) is 0 Å². The van der Waals surface area contributed by atoms with Crippen LogP contribution in [0.3, 0.4) is 0 Å². The standard InChI is InChI=1S/C15H26N2O3/c1-4-16(10-15(2,3)20)14(19)12-7-13(18)17(9-12)8-11-5-6-11/h11-12,20H,4-10H2,1-3H3. The summed E-state index contributed by atoms with van der Waals surface area (Å²) in [4.78, 5) is 27.9. The molecule has 0 aromatic carbocycles. The molecule has 2 fully saturated rings. The number of carbonyl (C=O) groups excluding carboxylic acids is 2. The van der Waals surface area contributed by atoms with Gasteiger partial charge in [-0.2, -0.15) is 0 Å². The highest BCUT2D eigenvalue weighted by Crippen LogP contribution is 2.32. The maximum absolute atomic E-state index is 12.5. The van der Waals surface area contributed by atoms with Crippen LogP contribution < -0.4 is 0 Å². The van der Waals surface area contributed by atoms with Gasteiger partial charge in [0, 0.05) is 32.6 Å². The van der Waals surface area contributed by atoms with Crippen LogP contribution in [0.1, 0.15) is 40.0 Å². The van der Waals surface area contributed by atoms with E-state index in [1.165, 1.54) is 12.8 Å². The first-order chi connectivity index (χ1) is 9.30. The number of rotatable bonds is 6. The zero-order valence-electron chi connectivity index (χ0n) is 12.8. The molecule has 1 heterocycles. The smallest absolute Gasteiger partial charge is 0.228 e. The highest BCUT2D eigenvalue weighted by molar-refractivity contribution is 5.89. The summed E-state index contributed by atoms with van der Waals surface area (Å²) in [6.07, 6.45) is 2.75. The second-order valence-electron chi connectivity index (χ2n) is 6.81. The fraction of sp³-hybridized carbons (Fsp3) is 0.867.